The van der Waals surface area contributed by atoms with Crippen LogP contribution in [0.4, 0.5) is 0 Å². The molecule has 82 valence electrons. The summed E-state index contributed by atoms with van der Waals surface area (Å²) >= 11 is 0. The van der Waals surface area contributed by atoms with Gasteiger partial charge in [0.15, 0.2) is 0 Å². The number of hydrogen-bond acceptors (Lipinski definition) is 2. The van der Waals surface area contributed by atoms with Crippen molar-refractivity contribution < 1.29 is 4.74 Å². The molecule has 0 saturated heterocycles. The number of nitrogens with two attached hydrogens (primary N) is 1. The van der Waals surface area contributed by atoms with Gasteiger partial charge in [-0.3, -0.25) is 0 Å². The Labute approximate surface area is 91.4 Å². The Hall–Kier alpha value is -1.02. The summed E-state index contributed by atoms with van der Waals surface area (Å²) in [7, 11) is 0. The van der Waals surface area contributed by atoms with Crippen LogP contribution in [0.3, 0.4) is 0 Å². The predicted molar refractivity (Wildman–Crippen MR) is 61.9 cm³/mol. The zero-order valence-corrected chi connectivity index (χ0v) is 9.06. The molecule has 2 nitrogen and oxygen atoms in total. The number of hydrogen-bond donors (Lipinski definition) is 1. The molecule has 15 heavy (non-hydrogen) atoms. The molecule has 0 amide bonds. The third-order valence-corrected chi connectivity index (χ3v) is 3.17. The van der Waals surface area contributed by atoms with Gasteiger partial charge in [-0.2, -0.15) is 0 Å². The van der Waals surface area contributed by atoms with Crippen LogP contribution in [0.25, 0.3) is 0 Å². The average molecular weight is 205 g/mol. The fourth-order valence-corrected chi connectivity index (χ4v) is 2.27. The first kappa shape index (κ1) is 10.5. The zero-order valence-electron chi connectivity index (χ0n) is 9.06. The third kappa shape index (κ3) is 2.72. The minimum Gasteiger partial charge on any atom is -0.490 e. The third-order valence-electron chi connectivity index (χ3n) is 3.17. The van der Waals surface area contributed by atoms with Crippen LogP contribution in [0.2, 0.25) is 0 Å². The van der Waals surface area contributed by atoms with E-state index < -0.39 is 0 Å². The van der Waals surface area contributed by atoms with Gasteiger partial charge in [0.05, 0.1) is 0 Å². The summed E-state index contributed by atoms with van der Waals surface area (Å²) in [5, 5.41) is 0. The van der Waals surface area contributed by atoms with Crippen molar-refractivity contribution in [2.45, 2.75) is 31.8 Å². The van der Waals surface area contributed by atoms with Gasteiger partial charge in [-0.05, 0) is 37.9 Å². The van der Waals surface area contributed by atoms with Crippen LogP contribution in [0.1, 0.15) is 25.7 Å². The number of ether oxygens (including phenoxy) is 1. The lowest BCUT2D eigenvalue weighted by Gasteiger charge is -2.31. The first-order valence-electron chi connectivity index (χ1n) is 5.82. The van der Waals surface area contributed by atoms with E-state index in [1.54, 1.807) is 0 Å². The van der Waals surface area contributed by atoms with Crippen LogP contribution in [0, 0.1) is 5.92 Å². The second-order valence-corrected chi connectivity index (χ2v) is 4.25. The van der Waals surface area contributed by atoms with E-state index in [1.165, 1.54) is 19.3 Å². The normalized spacial score (nSPS) is 26.2. The van der Waals surface area contributed by atoms with Crippen LogP contribution < -0.4 is 10.5 Å². The topological polar surface area (TPSA) is 35.2 Å². The van der Waals surface area contributed by atoms with Crippen molar-refractivity contribution in [2.24, 2.45) is 11.7 Å². The maximum Gasteiger partial charge on any atom is 0.119 e. The maximum atomic E-state index is 5.98. The summed E-state index contributed by atoms with van der Waals surface area (Å²) in [6.07, 6.45) is 5.26. The second kappa shape index (κ2) is 5.17. The van der Waals surface area contributed by atoms with E-state index in [1.807, 2.05) is 30.3 Å². The van der Waals surface area contributed by atoms with Crippen molar-refractivity contribution >= 4 is 0 Å². The molecule has 2 heteroatoms. The van der Waals surface area contributed by atoms with Crippen LogP contribution in [0.5, 0.6) is 5.75 Å². The molecule has 1 aromatic rings. The minimum atomic E-state index is 0.325. The first-order chi connectivity index (χ1) is 7.40. The molecule has 0 heterocycles. The molecular formula is C13H19NO. The Kier molecular flexibility index (Phi) is 3.62. The van der Waals surface area contributed by atoms with E-state index in [0.29, 0.717) is 12.0 Å². The molecule has 1 fully saturated rings. The van der Waals surface area contributed by atoms with Crippen molar-refractivity contribution in [1.29, 1.82) is 0 Å². The van der Waals surface area contributed by atoms with Gasteiger partial charge >= 0.3 is 0 Å². The highest BCUT2D eigenvalue weighted by atomic mass is 16.5. The van der Waals surface area contributed by atoms with Crippen molar-refractivity contribution in [2.75, 3.05) is 6.54 Å². The van der Waals surface area contributed by atoms with Crippen molar-refractivity contribution in [3.63, 3.8) is 0 Å². The lowest BCUT2D eigenvalue weighted by molar-refractivity contribution is 0.0970. The first-order valence-corrected chi connectivity index (χ1v) is 5.82. The average Bonchev–Trinajstić information content (AvgIpc) is 2.31. The Morgan fingerprint density at radius 2 is 1.87 bits per heavy atom. The van der Waals surface area contributed by atoms with Gasteiger partial charge in [-0.1, -0.05) is 24.6 Å². The van der Waals surface area contributed by atoms with Crippen LogP contribution >= 0.6 is 0 Å². The predicted octanol–water partition coefficient (Wildman–Crippen LogP) is 2.58. The lowest BCUT2D eigenvalue weighted by Crippen LogP contribution is -2.35. The van der Waals surface area contributed by atoms with Gasteiger partial charge in [0.1, 0.15) is 11.9 Å². The molecule has 0 spiro atoms. The highest BCUT2D eigenvalue weighted by molar-refractivity contribution is 5.21. The van der Waals surface area contributed by atoms with Gasteiger partial charge in [0.25, 0.3) is 0 Å². The van der Waals surface area contributed by atoms with E-state index in [4.69, 9.17) is 10.5 Å². The monoisotopic (exact) mass is 205 g/mol. The fourth-order valence-electron chi connectivity index (χ4n) is 2.27. The van der Waals surface area contributed by atoms with Crippen molar-refractivity contribution in [3.05, 3.63) is 30.3 Å². The maximum absolute atomic E-state index is 5.98. The van der Waals surface area contributed by atoms with Crippen molar-refractivity contribution in [1.82, 2.24) is 0 Å². The number of benzene rings is 1. The number of para-hydroxylation sites is 1. The molecule has 1 aliphatic rings. The smallest absolute Gasteiger partial charge is 0.119 e. The standard InChI is InChI=1S/C13H19NO/c14-10-11-6-4-5-9-13(11)15-12-7-2-1-3-8-12/h1-3,7-8,11,13H,4-6,9-10,14H2. The van der Waals surface area contributed by atoms with Gasteiger partial charge in [0.2, 0.25) is 0 Å². The van der Waals surface area contributed by atoms with Gasteiger partial charge in [0, 0.05) is 5.92 Å². The van der Waals surface area contributed by atoms with Gasteiger partial charge in [-0.25, -0.2) is 0 Å². The summed E-state index contributed by atoms with van der Waals surface area (Å²) in [5.74, 6) is 1.52. The van der Waals surface area contributed by atoms with Gasteiger partial charge < -0.3 is 10.5 Å². The van der Waals surface area contributed by atoms with E-state index >= 15 is 0 Å². The zero-order chi connectivity index (χ0) is 10.5. The van der Waals surface area contributed by atoms with E-state index in [9.17, 15) is 0 Å². The molecule has 0 radical (unpaired) electrons. The molecule has 2 rings (SSSR count). The molecule has 0 aromatic heterocycles. The molecule has 2 atom stereocenters. The molecule has 2 N–H and O–H groups in total. The summed E-state index contributed by atoms with van der Waals surface area (Å²) in [6.45, 7) is 0.748. The Morgan fingerprint density at radius 3 is 2.60 bits per heavy atom. The SMILES string of the molecule is NCC1CCCCC1Oc1ccccc1. The summed E-state index contributed by atoms with van der Waals surface area (Å²) < 4.78 is 5.98. The summed E-state index contributed by atoms with van der Waals surface area (Å²) in [4.78, 5) is 0. The highest BCUT2D eigenvalue weighted by Gasteiger charge is 2.25. The molecular weight excluding hydrogens is 186 g/mol. The Balaban J connectivity index is 1.97. The van der Waals surface area contributed by atoms with Crippen LogP contribution in [-0.4, -0.2) is 12.6 Å². The molecule has 2 unspecified atom stereocenters. The summed E-state index contributed by atoms with van der Waals surface area (Å²) in [6, 6.07) is 10.1. The quantitative estimate of drug-likeness (QED) is 0.823. The Morgan fingerprint density at radius 1 is 1.13 bits per heavy atom. The lowest BCUT2D eigenvalue weighted by atomic mass is 9.86. The highest BCUT2D eigenvalue weighted by Crippen LogP contribution is 2.27. The van der Waals surface area contributed by atoms with E-state index in [0.717, 1.165) is 18.7 Å². The van der Waals surface area contributed by atoms with Gasteiger partial charge in [-0.15, -0.1) is 0 Å². The molecule has 0 bridgehead atoms. The minimum absolute atomic E-state index is 0.325. The van der Waals surface area contributed by atoms with E-state index in [2.05, 4.69) is 0 Å². The molecule has 1 saturated carbocycles. The van der Waals surface area contributed by atoms with Crippen LogP contribution in [-0.2, 0) is 0 Å². The van der Waals surface area contributed by atoms with Crippen molar-refractivity contribution in [3.8, 4) is 5.75 Å². The molecule has 1 aromatic carbocycles. The molecule has 1 aliphatic carbocycles. The van der Waals surface area contributed by atoms with E-state index in [-0.39, 0.29) is 0 Å². The fraction of sp³-hybridized carbons (Fsp3) is 0.538. The second-order valence-electron chi connectivity index (χ2n) is 4.25. The van der Waals surface area contributed by atoms with Crippen LogP contribution in [0.15, 0.2) is 30.3 Å². The molecule has 0 aliphatic heterocycles. The Bertz CT molecular complexity index is 286. The summed E-state index contributed by atoms with van der Waals surface area (Å²) in [5.41, 5.74) is 5.77. The largest absolute Gasteiger partial charge is 0.490 e. The number of rotatable bonds is 3.